The molecule has 0 spiro atoms. The van der Waals surface area contributed by atoms with E-state index in [9.17, 15) is 19.7 Å². The zero-order valence-electron chi connectivity index (χ0n) is 20.0. The van der Waals surface area contributed by atoms with Gasteiger partial charge in [-0.1, -0.05) is 17.7 Å². The van der Waals surface area contributed by atoms with Crippen molar-refractivity contribution in [3.8, 4) is 5.75 Å². The zero-order valence-corrected chi connectivity index (χ0v) is 20.7. The average Bonchev–Trinajstić information content (AvgIpc) is 3.40. The molecule has 4 aromatic rings. The number of anilines is 1. The maximum absolute atomic E-state index is 13.5. The number of halogens is 1. The first-order valence-electron chi connectivity index (χ1n) is 11.4. The summed E-state index contributed by atoms with van der Waals surface area (Å²) in [6, 6.07) is 18.0. The second-order valence-electron chi connectivity index (χ2n) is 8.60. The van der Waals surface area contributed by atoms with E-state index in [0.717, 1.165) is 10.9 Å². The highest BCUT2D eigenvalue weighted by Gasteiger charge is 2.29. The first-order valence-corrected chi connectivity index (χ1v) is 11.8. The van der Waals surface area contributed by atoms with E-state index in [1.165, 1.54) is 23.2 Å². The summed E-state index contributed by atoms with van der Waals surface area (Å²) in [5, 5.41) is 18.2. The molecule has 9 nitrogen and oxygen atoms in total. The predicted octanol–water partition coefficient (Wildman–Crippen LogP) is 5.54. The van der Waals surface area contributed by atoms with Crippen molar-refractivity contribution in [1.29, 1.82) is 0 Å². The van der Waals surface area contributed by atoms with Gasteiger partial charge in [0.25, 0.3) is 17.5 Å². The van der Waals surface area contributed by atoms with Crippen LogP contribution in [-0.2, 0) is 11.2 Å². The molecule has 0 fully saturated rings. The monoisotopic (exact) mass is 516 g/mol. The largest absolute Gasteiger partial charge is 0.497 e. The lowest BCUT2D eigenvalue weighted by atomic mass is 10.0. The van der Waals surface area contributed by atoms with Gasteiger partial charge < -0.3 is 4.74 Å². The summed E-state index contributed by atoms with van der Waals surface area (Å²) < 4.78 is 7.06. The molecular weight excluding hydrogens is 496 g/mol. The predicted molar refractivity (Wildman–Crippen MR) is 141 cm³/mol. The molecule has 10 heteroatoms. The molecule has 0 bridgehead atoms. The van der Waals surface area contributed by atoms with Crippen molar-refractivity contribution < 1.29 is 19.2 Å². The minimum Gasteiger partial charge on any atom is -0.497 e. The number of nitro groups is 1. The highest BCUT2D eigenvalue weighted by molar-refractivity contribution is 6.30. The molecule has 1 amide bonds. The molecule has 0 atom stereocenters. The zero-order chi connectivity index (χ0) is 26.3. The number of methoxy groups -OCH3 is 1. The van der Waals surface area contributed by atoms with E-state index in [-0.39, 0.29) is 23.9 Å². The number of hydrogen-bond acceptors (Lipinski definition) is 6. The van der Waals surface area contributed by atoms with Crippen molar-refractivity contribution in [2.75, 3.05) is 12.1 Å². The summed E-state index contributed by atoms with van der Waals surface area (Å²) in [5.74, 6) is 0.137. The van der Waals surface area contributed by atoms with Gasteiger partial charge in [0.05, 0.1) is 35.4 Å². The molecule has 0 radical (unpaired) electrons. The van der Waals surface area contributed by atoms with Gasteiger partial charge in [0, 0.05) is 40.2 Å². The fourth-order valence-corrected chi connectivity index (χ4v) is 4.65. The van der Waals surface area contributed by atoms with Gasteiger partial charge >= 0.3 is 0 Å². The first-order chi connectivity index (χ1) is 17.8. The number of hydrazone groups is 1. The number of carbonyl (C=O) groups is 2. The molecule has 37 heavy (non-hydrogen) atoms. The molecule has 0 unspecified atom stereocenters. The second-order valence-corrected chi connectivity index (χ2v) is 9.03. The molecule has 1 aliphatic rings. The number of amides is 1. The standard InChI is InChI=1S/C27H21ClN4O5/c1-16-23(12-19-13-26(33)31(29-19)20-4-3-5-21(14-20)32(35)36)24-15-22(37-2)10-11-25(24)30(16)27(34)17-6-8-18(28)9-7-17/h3-11,14-15H,12-13H2,1-2H3. The Morgan fingerprint density at radius 3 is 2.59 bits per heavy atom. The van der Waals surface area contributed by atoms with Gasteiger partial charge in [0.1, 0.15) is 5.75 Å². The lowest BCUT2D eigenvalue weighted by Crippen LogP contribution is -2.19. The van der Waals surface area contributed by atoms with Crippen LogP contribution in [0.15, 0.2) is 71.8 Å². The Hall–Kier alpha value is -4.50. The van der Waals surface area contributed by atoms with Crippen molar-refractivity contribution in [1.82, 2.24) is 4.57 Å². The van der Waals surface area contributed by atoms with Crippen LogP contribution >= 0.6 is 11.6 Å². The SMILES string of the molecule is COc1ccc2c(c1)c(CC1=NN(c3cccc([N+](=O)[O-])c3)C(=O)C1)c(C)n2C(=O)c1ccc(Cl)cc1. The molecule has 0 aliphatic carbocycles. The fraction of sp³-hybridized carbons (Fsp3) is 0.148. The highest BCUT2D eigenvalue weighted by Crippen LogP contribution is 2.33. The van der Waals surface area contributed by atoms with E-state index in [0.29, 0.717) is 45.4 Å². The molecule has 5 rings (SSSR count). The summed E-state index contributed by atoms with van der Waals surface area (Å²) >= 11 is 6.00. The van der Waals surface area contributed by atoms with Gasteiger partial charge in [-0.2, -0.15) is 5.10 Å². The van der Waals surface area contributed by atoms with Gasteiger partial charge in [0.15, 0.2) is 0 Å². The van der Waals surface area contributed by atoms with Crippen molar-refractivity contribution in [2.24, 2.45) is 5.10 Å². The number of rotatable bonds is 6. The smallest absolute Gasteiger partial charge is 0.271 e. The van der Waals surface area contributed by atoms with Crippen LogP contribution in [0, 0.1) is 17.0 Å². The quantitative estimate of drug-likeness (QED) is 0.247. The molecule has 1 aromatic heterocycles. The van der Waals surface area contributed by atoms with Crippen LogP contribution in [0.1, 0.15) is 28.0 Å². The number of non-ortho nitro benzene ring substituents is 1. The number of fused-ring (bicyclic) bond motifs is 1. The summed E-state index contributed by atoms with van der Waals surface area (Å²) in [5.41, 5.74) is 3.52. The molecule has 2 heterocycles. The molecule has 0 saturated carbocycles. The van der Waals surface area contributed by atoms with Crippen LogP contribution in [0.5, 0.6) is 5.75 Å². The van der Waals surface area contributed by atoms with Crippen LogP contribution in [-0.4, -0.2) is 34.1 Å². The maximum atomic E-state index is 13.5. The van der Waals surface area contributed by atoms with E-state index in [1.54, 1.807) is 48.1 Å². The topological polar surface area (TPSA) is 107 Å². The minimum atomic E-state index is -0.516. The fourth-order valence-electron chi connectivity index (χ4n) is 4.52. The normalized spacial score (nSPS) is 13.2. The van der Waals surface area contributed by atoms with Gasteiger partial charge in [-0.25, -0.2) is 5.01 Å². The lowest BCUT2D eigenvalue weighted by molar-refractivity contribution is -0.384. The van der Waals surface area contributed by atoms with Gasteiger partial charge in [-0.15, -0.1) is 0 Å². The first kappa shape index (κ1) is 24.2. The van der Waals surface area contributed by atoms with E-state index >= 15 is 0 Å². The Bertz CT molecular complexity index is 1610. The Labute approximate surface area is 216 Å². The Morgan fingerprint density at radius 2 is 1.89 bits per heavy atom. The van der Waals surface area contributed by atoms with Crippen LogP contribution in [0.4, 0.5) is 11.4 Å². The number of carbonyl (C=O) groups excluding carboxylic acids is 2. The Morgan fingerprint density at radius 1 is 1.14 bits per heavy atom. The lowest BCUT2D eigenvalue weighted by Gasteiger charge is -2.10. The molecule has 0 N–H and O–H groups in total. The third-order valence-electron chi connectivity index (χ3n) is 6.34. The molecule has 186 valence electrons. The van der Waals surface area contributed by atoms with Crippen LogP contribution in [0.3, 0.4) is 0 Å². The van der Waals surface area contributed by atoms with Gasteiger partial charge in [0.2, 0.25) is 0 Å². The van der Waals surface area contributed by atoms with E-state index in [1.807, 2.05) is 19.1 Å². The van der Waals surface area contributed by atoms with E-state index in [4.69, 9.17) is 16.3 Å². The third kappa shape index (κ3) is 4.45. The van der Waals surface area contributed by atoms with Crippen molar-refractivity contribution in [3.05, 3.63) is 98.7 Å². The summed E-state index contributed by atoms with van der Waals surface area (Å²) in [6.07, 6.45) is 0.372. The minimum absolute atomic E-state index is 0.0594. The van der Waals surface area contributed by atoms with Gasteiger partial charge in [-0.05, 0) is 61.0 Å². The van der Waals surface area contributed by atoms with Crippen LogP contribution < -0.4 is 9.75 Å². The molecule has 3 aromatic carbocycles. The number of hydrogen-bond donors (Lipinski definition) is 0. The number of ether oxygens (including phenoxy) is 1. The van der Waals surface area contributed by atoms with Crippen molar-refractivity contribution in [3.63, 3.8) is 0 Å². The number of nitrogens with zero attached hydrogens (tertiary/aromatic N) is 4. The summed E-state index contributed by atoms with van der Waals surface area (Å²) in [7, 11) is 1.57. The van der Waals surface area contributed by atoms with Crippen molar-refractivity contribution in [2.45, 2.75) is 19.8 Å². The summed E-state index contributed by atoms with van der Waals surface area (Å²) in [4.78, 5) is 36.9. The highest BCUT2D eigenvalue weighted by atomic mass is 35.5. The van der Waals surface area contributed by atoms with Gasteiger partial charge in [-0.3, -0.25) is 24.3 Å². The third-order valence-corrected chi connectivity index (χ3v) is 6.59. The van der Waals surface area contributed by atoms with E-state index < -0.39 is 4.92 Å². The van der Waals surface area contributed by atoms with Crippen LogP contribution in [0.2, 0.25) is 5.02 Å². The molecule has 1 aliphatic heterocycles. The number of aromatic nitrogens is 1. The number of benzene rings is 3. The maximum Gasteiger partial charge on any atom is 0.271 e. The second kappa shape index (κ2) is 9.51. The van der Waals surface area contributed by atoms with E-state index in [2.05, 4.69) is 5.10 Å². The molecular formula is C27H21ClN4O5. The van der Waals surface area contributed by atoms with Crippen molar-refractivity contribution >= 4 is 51.4 Å². The summed E-state index contributed by atoms with van der Waals surface area (Å²) in [6.45, 7) is 1.85. The molecule has 0 saturated heterocycles. The average molecular weight is 517 g/mol. The van der Waals surface area contributed by atoms with Crippen LogP contribution in [0.25, 0.3) is 10.9 Å². The Kier molecular flexibility index (Phi) is 6.22. The Balaban J connectivity index is 1.56. The number of nitro benzene ring substituents is 1.